The van der Waals surface area contributed by atoms with Crippen molar-refractivity contribution in [2.45, 2.75) is 25.1 Å². The van der Waals surface area contributed by atoms with Crippen molar-refractivity contribution < 1.29 is 18.3 Å². The quantitative estimate of drug-likeness (QED) is 0.779. The third-order valence-corrected chi connectivity index (χ3v) is 4.72. The van der Waals surface area contributed by atoms with E-state index < -0.39 is 17.5 Å². The van der Waals surface area contributed by atoms with Crippen molar-refractivity contribution >= 4 is 15.9 Å². The predicted octanol–water partition coefficient (Wildman–Crippen LogP) is 3.93. The van der Waals surface area contributed by atoms with E-state index in [4.69, 9.17) is 0 Å². The van der Waals surface area contributed by atoms with Gasteiger partial charge in [0, 0.05) is 28.8 Å². The Morgan fingerprint density at radius 2 is 2.00 bits per heavy atom. The molecule has 2 aromatic rings. The van der Waals surface area contributed by atoms with E-state index >= 15 is 0 Å². The number of pyridine rings is 1. The normalized spacial score (nSPS) is 18.3. The Labute approximate surface area is 150 Å². The van der Waals surface area contributed by atoms with Gasteiger partial charge in [-0.15, -0.1) is 0 Å². The predicted molar refractivity (Wildman–Crippen MR) is 91.6 cm³/mol. The SMILES string of the molecule is O=c1c(-c2ccc(C(F)(F)F)cc2O)cc(Br)cn1C1CCCNC1. The highest BCUT2D eigenvalue weighted by molar-refractivity contribution is 9.10. The summed E-state index contributed by atoms with van der Waals surface area (Å²) in [6, 6.07) is 4.11. The fourth-order valence-corrected chi connectivity index (χ4v) is 3.49. The van der Waals surface area contributed by atoms with Crippen LogP contribution in [0, 0.1) is 0 Å². The molecule has 25 heavy (non-hydrogen) atoms. The van der Waals surface area contributed by atoms with E-state index in [0.717, 1.165) is 31.5 Å². The van der Waals surface area contributed by atoms with E-state index in [1.807, 2.05) is 0 Å². The second-order valence-electron chi connectivity index (χ2n) is 6.01. The molecule has 3 rings (SSSR count). The summed E-state index contributed by atoms with van der Waals surface area (Å²) in [7, 11) is 0. The van der Waals surface area contributed by atoms with Crippen LogP contribution in [-0.2, 0) is 6.18 Å². The minimum absolute atomic E-state index is 0.0332. The van der Waals surface area contributed by atoms with Crippen LogP contribution in [0.5, 0.6) is 5.75 Å². The van der Waals surface area contributed by atoms with Gasteiger partial charge in [-0.25, -0.2) is 0 Å². The molecule has 4 nitrogen and oxygen atoms in total. The van der Waals surface area contributed by atoms with Gasteiger partial charge in [0.15, 0.2) is 0 Å². The van der Waals surface area contributed by atoms with Crippen molar-refractivity contribution in [3.63, 3.8) is 0 Å². The van der Waals surface area contributed by atoms with Crippen LogP contribution in [0.2, 0.25) is 0 Å². The van der Waals surface area contributed by atoms with Crippen LogP contribution in [-0.4, -0.2) is 22.8 Å². The van der Waals surface area contributed by atoms with Crippen molar-refractivity contribution in [3.05, 3.63) is 50.9 Å². The van der Waals surface area contributed by atoms with Gasteiger partial charge in [0.25, 0.3) is 5.56 Å². The first kappa shape index (κ1) is 18.0. The number of hydrogen-bond acceptors (Lipinski definition) is 3. The molecule has 1 aromatic heterocycles. The number of hydrogen-bond donors (Lipinski definition) is 2. The second-order valence-corrected chi connectivity index (χ2v) is 6.93. The summed E-state index contributed by atoms with van der Waals surface area (Å²) < 4.78 is 40.5. The molecule has 1 fully saturated rings. The molecule has 2 heterocycles. The summed E-state index contributed by atoms with van der Waals surface area (Å²) in [5.41, 5.74) is -1.06. The molecule has 0 bridgehead atoms. The molecule has 0 saturated carbocycles. The molecule has 0 amide bonds. The smallest absolute Gasteiger partial charge is 0.416 e. The van der Waals surface area contributed by atoms with Gasteiger partial charge in [-0.05, 0) is 59.6 Å². The minimum atomic E-state index is -4.55. The van der Waals surface area contributed by atoms with Gasteiger partial charge < -0.3 is 15.0 Å². The van der Waals surface area contributed by atoms with E-state index in [-0.39, 0.29) is 22.7 Å². The number of halogens is 4. The minimum Gasteiger partial charge on any atom is -0.507 e. The maximum Gasteiger partial charge on any atom is 0.416 e. The van der Waals surface area contributed by atoms with Crippen molar-refractivity contribution in [3.8, 4) is 16.9 Å². The van der Waals surface area contributed by atoms with Crippen LogP contribution < -0.4 is 10.9 Å². The molecule has 0 aliphatic carbocycles. The molecular formula is C17H16BrF3N2O2. The van der Waals surface area contributed by atoms with Crippen LogP contribution >= 0.6 is 15.9 Å². The zero-order valence-corrected chi connectivity index (χ0v) is 14.7. The van der Waals surface area contributed by atoms with Crippen LogP contribution in [0.3, 0.4) is 0 Å². The van der Waals surface area contributed by atoms with Crippen LogP contribution in [0.1, 0.15) is 24.4 Å². The van der Waals surface area contributed by atoms with Crippen LogP contribution in [0.15, 0.2) is 39.7 Å². The average Bonchev–Trinajstić information content (AvgIpc) is 2.57. The first-order chi connectivity index (χ1) is 11.8. The van der Waals surface area contributed by atoms with Gasteiger partial charge in [0.05, 0.1) is 11.1 Å². The Morgan fingerprint density at radius 3 is 2.60 bits per heavy atom. The van der Waals surface area contributed by atoms with E-state index in [0.29, 0.717) is 17.1 Å². The van der Waals surface area contributed by atoms with Crippen molar-refractivity contribution in [1.82, 2.24) is 9.88 Å². The van der Waals surface area contributed by atoms with Crippen LogP contribution in [0.4, 0.5) is 13.2 Å². The van der Waals surface area contributed by atoms with E-state index in [9.17, 15) is 23.1 Å². The number of aromatic nitrogens is 1. The third kappa shape index (κ3) is 3.74. The van der Waals surface area contributed by atoms with Crippen molar-refractivity contribution in [2.24, 2.45) is 0 Å². The lowest BCUT2D eigenvalue weighted by molar-refractivity contribution is -0.137. The molecule has 134 valence electrons. The molecule has 0 radical (unpaired) electrons. The van der Waals surface area contributed by atoms with E-state index in [2.05, 4.69) is 21.2 Å². The number of aromatic hydroxyl groups is 1. The number of benzene rings is 1. The summed E-state index contributed by atoms with van der Waals surface area (Å²) in [5, 5.41) is 13.3. The lowest BCUT2D eigenvalue weighted by atomic mass is 10.0. The molecule has 1 unspecified atom stereocenters. The fourth-order valence-electron chi connectivity index (χ4n) is 3.04. The first-order valence-electron chi connectivity index (χ1n) is 7.80. The van der Waals surface area contributed by atoms with Gasteiger partial charge in [0.1, 0.15) is 5.75 Å². The van der Waals surface area contributed by atoms with Crippen molar-refractivity contribution in [1.29, 1.82) is 0 Å². The Balaban J connectivity index is 2.09. The zero-order chi connectivity index (χ0) is 18.2. The number of piperidine rings is 1. The largest absolute Gasteiger partial charge is 0.507 e. The molecule has 0 spiro atoms. The maximum atomic E-state index is 12.8. The van der Waals surface area contributed by atoms with Gasteiger partial charge in [-0.2, -0.15) is 13.2 Å². The molecule has 1 aliphatic heterocycles. The lowest BCUT2D eigenvalue weighted by Crippen LogP contribution is -2.36. The van der Waals surface area contributed by atoms with Gasteiger partial charge in [0.2, 0.25) is 0 Å². The summed E-state index contributed by atoms with van der Waals surface area (Å²) in [6.07, 6.45) is -1.11. The summed E-state index contributed by atoms with van der Waals surface area (Å²) in [5.74, 6) is -0.571. The molecule has 1 atom stereocenters. The Kier molecular flexibility index (Phi) is 4.92. The Hall–Kier alpha value is -1.80. The summed E-state index contributed by atoms with van der Waals surface area (Å²) >= 11 is 3.34. The third-order valence-electron chi connectivity index (χ3n) is 4.29. The Bertz CT molecular complexity index is 843. The highest BCUT2D eigenvalue weighted by Gasteiger charge is 2.31. The molecule has 8 heteroatoms. The average molecular weight is 417 g/mol. The lowest BCUT2D eigenvalue weighted by Gasteiger charge is -2.25. The van der Waals surface area contributed by atoms with Gasteiger partial charge >= 0.3 is 6.18 Å². The Morgan fingerprint density at radius 1 is 1.24 bits per heavy atom. The topological polar surface area (TPSA) is 54.3 Å². The van der Waals surface area contributed by atoms with Crippen molar-refractivity contribution in [2.75, 3.05) is 13.1 Å². The van der Waals surface area contributed by atoms with E-state index in [1.54, 1.807) is 10.8 Å². The molecular weight excluding hydrogens is 401 g/mol. The number of nitrogens with one attached hydrogen (secondary N) is 1. The first-order valence-corrected chi connectivity index (χ1v) is 8.59. The number of phenols is 1. The molecule has 1 aromatic carbocycles. The summed E-state index contributed by atoms with van der Waals surface area (Å²) in [4.78, 5) is 12.8. The number of rotatable bonds is 2. The van der Waals surface area contributed by atoms with Gasteiger partial charge in [-0.3, -0.25) is 4.79 Å². The molecule has 1 aliphatic rings. The monoisotopic (exact) mass is 416 g/mol. The number of phenolic OH excluding ortho intramolecular Hbond substituents is 1. The summed E-state index contributed by atoms with van der Waals surface area (Å²) in [6.45, 7) is 1.54. The highest BCUT2D eigenvalue weighted by Crippen LogP contribution is 2.36. The van der Waals surface area contributed by atoms with Crippen LogP contribution in [0.25, 0.3) is 11.1 Å². The second kappa shape index (κ2) is 6.84. The maximum absolute atomic E-state index is 12.8. The highest BCUT2D eigenvalue weighted by atomic mass is 79.9. The fraction of sp³-hybridized carbons (Fsp3) is 0.353. The number of nitrogens with zero attached hydrogens (tertiary/aromatic N) is 1. The zero-order valence-electron chi connectivity index (χ0n) is 13.1. The van der Waals surface area contributed by atoms with E-state index in [1.165, 1.54) is 6.07 Å². The number of alkyl halides is 3. The molecule has 2 N–H and O–H groups in total. The molecule has 1 saturated heterocycles. The van der Waals surface area contributed by atoms with Gasteiger partial charge in [-0.1, -0.05) is 0 Å². The standard InChI is InChI=1S/C17H16BrF3N2O2/c18-11-7-14(13-4-3-10(6-15(13)24)17(19,20)21)16(25)23(9-11)12-2-1-5-22-8-12/h3-4,6-7,9,12,22,24H,1-2,5,8H2.